The van der Waals surface area contributed by atoms with E-state index in [1.165, 1.54) is 52.4 Å². The number of hydrogen-bond acceptors (Lipinski definition) is 14. The molecule has 0 aliphatic heterocycles. The lowest BCUT2D eigenvalue weighted by molar-refractivity contribution is -0.152. The Hall–Kier alpha value is -4.42. The zero-order valence-electron chi connectivity index (χ0n) is 48.0. The van der Waals surface area contributed by atoms with Crippen LogP contribution in [0.3, 0.4) is 0 Å². The van der Waals surface area contributed by atoms with Gasteiger partial charge in [-0.25, -0.2) is 0 Å². The molecule has 0 spiro atoms. The number of para-hydroxylation sites is 1. The maximum atomic E-state index is 11.0. The zero-order valence-corrected chi connectivity index (χ0v) is 48.0. The number of Topliss-reactive ketones (excluding diaryl/α,β-unsaturated/α-hetero) is 3. The van der Waals surface area contributed by atoms with Gasteiger partial charge in [0.15, 0.2) is 0 Å². The average molecular weight is 1230 g/mol. The van der Waals surface area contributed by atoms with Gasteiger partial charge in [0.25, 0.3) is 0 Å². The van der Waals surface area contributed by atoms with Crippen molar-refractivity contribution >= 4 is 47.8 Å². The first-order valence-electron chi connectivity index (χ1n) is 27.0. The fraction of sp³-hybridized carbons (Fsp3) is 0.794. The van der Waals surface area contributed by atoms with E-state index >= 15 is 0 Å². The molecule has 0 amide bonds. The van der Waals surface area contributed by atoms with Crippen LogP contribution in [0.1, 0.15) is 270 Å². The zero-order chi connectivity index (χ0) is 57.7. The van der Waals surface area contributed by atoms with Crippen molar-refractivity contribution in [2.75, 3.05) is 42.2 Å². The average Bonchev–Trinajstić information content (AvgIpc) is 3.98. The quantitative estimate of drug-likeness (QED) is 0.0498. The molecule has 7 atom stereocenters. The first kappa shape index (κ1) is 112. The molecular weight excluding hydrogens is 1090 g/mol. The van der Waals surface area contributed by atoms with Gasteiger partial charge in [-0.2, -0.15) is 0 Å². The van der Waals surface area contributed by atoms with E-state index in [0.29, 0.717) is 32.3 Å². The van der Waals surface area contributed by atoms with Crippen LogP contribution in [0, 0.1) is 17.8 Å². The predicted octanol–water partition coefficient (Wildman–Crippen LogP) is 17.5. The Labute approximate surface area is 523 Å². The number of carbonyl (C=O) groups is 8. The molecule has 514 valence electrons. The second-order valence-corrected chi connectivity index (χ2v) is 19.3. The number of carboxylic acids is 3. The van der Waals surface area contributed by atoms with Gasteiger partial charge in [-0.05, 0) is 117 Å². The summed E-state index contributed by atoms with van der Waals surface area (Å²) >= 11 is 0. The molecule has 3 saturated carbocycles. The summed E-state index contributed by atoms with van der Waals surface area (Å²) in [6.45, 7) is 12.2. The minimum absolute atomic E-state index is 0. The molecule has 0 radical (unpaired) electrons. The van der Waals surface area contributed by atoms with E-state index in [4.69, 9.17) is 53.3 Å². The largest absolute Gasteiger partial charge is 0.493 e. The third-order valence-corrected chi connectivity index (χ3v) is 13.6. The molecule has 3 fully saturated rings. The van der Waals surface area contributed by atoms with Crippen molar-refractivity contribution in [3.05, 3.63) is 30.3 Å². The van der Waals surface area contributed by atoms with Gasteiger partial charge >= 0.3 is 17.9 Å². The molecule has 0 saturated heterocycles. The van der Waals surface area contributed by atoms with Crippen molar-refractivity contribution < 1.29 is 82.1 Å². The molecule has 0 heterocycles. The third-order valence-electron chi connectivity index (χ3n) is 13.6. The van der Waals surface area contributed by atoms with E-state index < -0.39 is 17.9 Å². The molecule has 0 bridgehead atoms. The molecule has 85 heavy (non-hydrogen) atoms. The minimum Gasteiger partial charge on any atom is -0.493 e. The monoisotopic (exact) mass is 1230 g/mol. The minimum atomic E-state index is -0.733. The number of aldehydes is 2. The lowest BCUT2D eigenvalue weighted by Crippen LogP contribution is -2.39. The van der Waals surface area contributed by atoms with Crippen LogP contribution in [0.4, 0.5) is 0 Å². The van der Waals surface area contributed by atoms with Gasteiger partial charge in [0.05, 0.1) is 48.0 Å². The highest BCUT2D eigenvalue weighted by molar-refractivity contribution is 5.77. The molecule has 1 aromatic carbocycles. The number of ether oxygens (including phenoxy) is 6. The number of aliphatic carboxylic acids is 3. The molecular formula is C68H140O17. The van der Waals surface area contributed by atoms with Crippen molar-refractivity contribution in [2.45, 2.75) is 300 Å². The smallest absolute Gasteiger partial charge is 0.309 e. The summed E-state index contributed by atoms with van der Waals surface area (Å²) in [6.07, 6.45) is 22.8. The summed E-state index contributed by atoms with van der Waals surface area (Å²) in [5.41, 5.74) is -0.711. The van der Waals surface area contributed by atoms with Crippen LogP contribution in [0.15, 0.2) is 30.3 Å². The highest BCUT2D eigenvalue weighted by atomic mass is 16.5. The van der Waals surface area contributed by atoms with Crippen LogP contribution in [0.25, 0.3) is 0 Å². The van der Waals surface area contributed by atoms with E-state index in [1.807, 2.05) is 44.2 Å². The summed E-state index contributed by atoms with van der Waals surface area (Å²) in [6, 6.07) is 9.62. The number of carboxylic acid groups (broad SMARTS) is 3. The SMILES string of the molecule is C.C.C.C.C.C.C.C.C.C.CC=O.CC=O.CCC1(OC)CC1C(=O)O.CCC1(OC)CCCC1C(=O)O.COC(CCC1CCCCC1)CC(C)=O.COC(CCCCCCC(=O)O)CC(C)=O.COC(CCOc1ccccc1)CC(C)=O. The van der Waals surface area contributed by atoms with Gasteiger partial charge in [-0.1, -0.05) is 158 Å². The lowest BCUT2D eigenvalue weighted by atomic mass is 9.85. The Kier molecular flexibility index (Phi) is 92.5. The first-order chi connectivity index (χ1) is 35.6. The van der Waals surface area contributed by atoms with Crippen LogP contribution < -0.4 is 4.74 Å². The summed E-state index contributed by atoms with van der Waals surface area (Å²) in [5, 5.41) is 25.9. The normalized spacial score (nSPS) is 17.9. The lowest BCUT2D eigenvalue weighted by Gasteiger charge is -2.30. The number of carbonyl (C=O) groups excluding carboxylic acids is 5. The number of benzene rings is 1. The Morgan fingerprint density at radius 2 is 0.941 bits per heavy atom. The highest BCUT2D eigenvalue weighted by Crippen LogP contribution is 2.49. The second kappa shape index (κ2) is 70.3. The fourth-order valence-corrected chi connectivity index (χ4v) is 9.16. The van der Waals surface area contributed by atoms with Gasteiger partial charge in [-0.3, -0.25) is 28.8 Å². The van der Waals surface area contributed by atoms with Crippen molar-refractivity contribution in [1.82, 2.24) is 0 Å². The Bertz CT molecular complexity index is 1650. The number of ketones is 3. The van der Waals surface area contributed by atoms with Crippen molar-refractivity contribution in [3.63, 3.8) is 0 Å². The van der Waals surface area contributed by atoms with Crippen LogP contribution in [-0.2, 0) is 62.0 Å². The van der Waals surface area contributed by atoms with Crippen LogP contribution in [0.2, 0.25) is 0 Å². The molecule has 3 aliphatic carbocycles. The third kappa shape index (κ3) is 57.1. The van der Waals surface area contributed by atoms with Gasteiger partial charge in [-0.15, -0.1) is 0 Å². The molecule has 17 nitrogen and oxygen atoms in total. The highest BCUT2D eigenvalue weighted by Gasteiger charge is 2.58. The van der Waals surface area contributed by atoms with Crippen LogP contribution >= 0.6 is 0 Å². The number of unbranched alkanes of at least 4 members (excludes halogenated alkanes) is 3. The van der Waals surface area contributed by atoms with E-state index in [-0.39, 0.29) is 139 Å². The van der Waals surface area contributed by atoms with E-state index in [0.717, 1.165) is 101 Å². The van der Waals surface area contributed by atoms with E-state index in [9.17, 15) is 28.8 Å². The fourth-order valence-electron chi connectivity index (χ4n) is 9.16. The van der Waals surface area contributed by atoms with Gasteiger partial charge in [0.1, 0.15) is 35.7 Å². The molecule has 4 rings (SSSR count). The topological polar surface area (TPSA) is 253 Å². The molecule has 17 heteroatoms. The maximum Gasteiger partial charge on any atom is 0.309 e. The van der Waals surface area contributed by atoms with Gasteiger partial charge < -0.3 is 53.3 Å². The standard InChI is InChI=1S/C13H18O3.C13H24O2.C12H22O4.C9H16O3.C7H12O3.2C2H4O.10CH4/c1-11(14)10-13(15-2)8-9-16-12-6-4-3-5-7-12;1-11(14)10-13(15-2)9-8-12-6-4-3-5-7-12;1-10(13)9-11(16-2)7-5-3-4-6-8-12(14)15;1-3-9(12-2)6-4-5-7(9)8(10)11;1-3-7(10-2)4-5(7)6(8)9;2*1-2-3;;;;;;;;;;/h3-7,13H,8-10H2,1-2H3;12-13H,3-10H2,1-2H3;11H,3-9H2,1-2H3,(H,14,15);7H,3-6H2,1-2H3,(H,10,11);5H,3-4H2,1-2H3,(H,8,9);2*2H,1H3;10*1H4. The number of rotatable bonds is 29. The Balaban J connectivity index is -0.0000000661. The van der Waals surface area contributed by atoms with Gasteiger partial charge in [0.2, 0.25) is 0 Å². The summed E-state index contributed by atoms with van der Waals surface area (Å²) in [7, 11) is 8.15. The van der Waals surface area contributed by atoms with Gasteiger partial charge in [0, 0.05) is 67.7 Å². The Morgan fingerprint density at radius 1 is 0.541 bits per heavy atom. The Morgan fingerprint density at radius 3 is 1.27 bits per heavy atom. The molecule has 0 aromatic heterocycles. The van der Waals surface area contributed by atoms with Crippen LogP contribution in [-0.4, -0.2) is 135 Å². The summed E-state index contributed by atoms with van der Waals surface area (Å²) < 4.78 is 31.7. The molecule has 3 N–H and O–H groups in total. The predicted molar refractivity (Wildman–Crippen MR) is 358 cm³/mol. The number of hydrogen-bond donors (Lipinski definition) is 3. The molecule has 3 aliphatic rings. The molecule has 7 unspecified atom stereocenters. The van der Waals surface area contributed by atoms with Crippen molar-refractivity contribution in [2.24, 2.45) is 17.8 Å². The number of methoxy groups -OCH3 is 5. The molecule has 1 aromatic rings. The van der Waals surface area contributed by atoms with Crippen molar-refractivity contribution in [1.29, 1.82) is 0 Å². The van der Waals surface area contributed by atoms with Crippen LogP contribution in [0.5, 0.6) is 5.75 Å². The summed E-state index contributed by atoms with van der Waals surface area (Å²) in [5.74, 6) is -0.459. The summed E-state index contributed by atoms with van der Waals surface area (Å²) in [4.78, 5) is 81.9. The van der Waals surface area contributed by atoms with E-state index in [2.05, 4.69) is 0 Å². The van der Waals surface area contributed by atoms with Crippen molar-refractivity contribution in [3.8, 4) is 5.75 Å². The maximum absolute atomic E-state index is 11.0. The van der Waals surface area contributed by atoms with E-state index in [1.54, 1.807) is 56.3 Å². The first-order valence-corrected chi connectivity index (χ1v) is 27.0. The second-order valence-electron chi connectivity index (χ2n) is 19.3.